The highest BCUT2D eigenvalue weighted by Gasteiger charge is 2.09. The molecule has 0 fully saturated rings. The Balaban J connectivity index is 2.45. The van der Waals surface area contributed by atoms with Crippen molar-refractivity contribution in [2.45, 2.75) is 0 Å². The number of thiophene rings is 1. The van der Waals surface area contributed by atoms with E-state index in [1.54, 1.807) is 6.07 Å². The molecule has 0 saturated heterocycles. The number of carboxylic acids is 1. The van der Waals surface area contributed by atoms with Crippen LogP contribution in [0.2, 0.25) is 0 Å². The van der Waals surface area contributed by atoms with Crippen LogP contribution >= 0.6 is 27.3 Å². The van der Waals surface area contributed by atoms with E-state index >= 15 is 0 Å². The molecule has 0 aliphatic rings. The maximum absolute atomic E-state index is 10.7. The van der Waals surface area contributed by atoms with Crippen LogP contribution in [0, 0.1) is 0 Å². The van der Waals surface area contributed by atoms with Gasteiger partial charge in [0.15, 0.2) is 0 Å². The van der Waals surface area contributed by atoms with Crippen LogP contribution in [-0.2, 0) is 0 Å². The summed E-state index contributed by atoms with van der Waals surface area (Å²) >= 11 is 4.83. The molecule has 76 valence electrons. The van der Waals surface area contributed by atoms with Crippen molar-refractivity contribution in [3.05, 3.63) is 34.0 Å². The van der Waals surface area contributed by atoms with Crippen molar-refractivity contribution < 1.29 is 9.90 Å². The first-order valence-electron chi connectivity index (χ1n) is 3.99. The fourth-order valence-corrected chi connectivity index (χ4v) is 2.41. The highest BCUT2D eigenvalue weighted by Crippen LogP contribution is 2.29. The minimum absolute atomic E-state index is 0.183. The summed E-state index contributed by atoms with van der Waals surface area (Å²) < 4.78 is 0.980. The van der Waals surface area contributed by atoms with E-state index in [0.29, 0.717) is 5.69 Å². The molecule has 0 bridgehead atoms. The van der Waals surface area contributed by atoms with E-state index in [4.69, 9.17) is 5.11 Å². The lowest BCUT2D eigenvalue weighted by Crippen LogP contribution is -2.03. The lowest BCUT2D eigenvalue weighted by atomic mass is 10.3. The Morgan fingerprint density at radius 2 is 2.20 bits per heavy atom. The van der Waals surface area contributed by atoms with Gasteiger partial charge >= 0.3 is 5.97 Å². The Labute approximate surface area is 97.8 Å². The van der Waals surface area contributed by atoms with Gasteiger partial charge in [-0.1, -0.05) is 0 Å². The van der Waals surface area contributed by atoms with E-state index in [1.807, 2.05) is 12.1 Å². The summed E-state index contributed by atoms with van der Waals surface area (Å²) in [7, 11) is 0. The second-order valence-electron chi connectivity index (χ2n) is 2.67. The first-order valence-corrected chi connectivity index (χ1v) is 5.60. The van der Waals surface area contributed by atoms with Gasteiger partial charge < -0.3 is 5.11 Å². The van der Waals surface area contributed by atoms with Crippen molar-refractivity contribution in [1.82, 2.24) is 9.97 Å². The van der Waals surface area contributed by atoms with Crippen LogP contribution in [0.4, 0.5) is 0 Å². The monoisotopic (exact) mass is 284 g/mol. The van der Waals surface area contributed by atoms with Gasteiger partial charge in [-0.2, -0.15) is 0 Å². The molecule has 1 N–H and O–H groups in total. The van der Waals surface area contributed by atoms with E-state index in [2.05, 4.69) is 25.9 Å². The Morgan fingerprint density at radius 1 is 1.40 bits per heavy atom. The first kappa shape index (κ1) is 10.3. The zero-order chi connectivity index (χ0) is 10.8. The highest BCUT2D eigenvalue weighted by molar-refractivity contribution is 9.11. The molecule has 0 aliphatic heterocycles. The van der Waals surface area contributed by atoms with E-state index in [0.717, 1.165) is 8.66 Å². The number of rotatable bonds is 2. The lowest BCUT2D eigenvalue weighted by molar-refractivity contribution is 0.0683. The summed E-state index contributed by atoms with van der Waals surface area (Å²) in [6.07, 6.45) is 1.44. The first-order chi connectivity index (χ1) is 7.16. The summed E-state index contributed by atoms with van der Waals surface area (Å²) in [4.78, 5) is 19.2. The van der Waals surface area contributed by atoms with Gasteiger partial charge in [-0.3, -0.25) is 0 Å². The van der Waals surface area contributed by atoms with Gasteiger partial charge in [0, 0.05) is 6.20 Å². The maximum atomic E-state index is 10.7. The summed E-state index contributed by atoms with van der Waals surface area (Å²) in [5.41, 5.74) is 0.623. The fraction of sp³-hybridized carbons (Fsp3) is 0. The molecular weight excluding hydrogens is 280 g/mol. The molecule has 6 heteroatoms. The second-order valence-corrected chi connectivity index (χ2v) is 5.14. The van der Waals surface area contributed by atoms with Crippen LogP contribution in [0.5, 0.6) is 0 Å². The second kappa shape index (κ2) is 4.08. The molecule has 0 aromatic carbocycles. The topological polar surface area (TPSA) is 63.1 Å². The van der Waals surface area contributed by atoms with Gasteiger partial charge in [0.2, 0.25) is 5.82 Å². The van der Waals surface area contributed by atoms with Gasteiger partial charge in [0.05, 0.1) is 14.4 Å². The highest BCUT2D eigenvalue weighted by atomic mass is 79.9. The number of aromatic nitrogens is 2. The summed E-state index contributed by atoms with van der Waals surface area (Å²) in [5, 5.41) is 8.73. The van der Waals surface area contributed by atoms with E-state index < -0.39 is 5.97 Å². The minimum Gasteiger partial charge on any atom is -0.475 e. The maximum Gasteiger partial charge on any atom is 0.373 e. The Hall–Kier alpha value is -1.27. The molecule has 0 unspecified atom stereocenters. The Kier molecular flexibility index (Phi) is 2.79. The predicted octanol–water partition coefficient (Wildman–Crippen LogP) is 2.67. The summed E-state index contributed by atoms with van der Waals surface area (Å²) in [5.74, 6) is -1.30. The van der Waals surface area contributed by atoms with Gasteiger partial charge in [0.1, 0.15) is 0 Å². The molecule has 2 aromatic heterocycles. The van der Waals surface area contributed by atoms with Crippen LogP contribution in [0.1, 0.15) is 10.6 Å². The molecule has 0 saturated carbocycles. The van der Waals surface area contributed by atoms with Gasteiger partial charge in [0.25, 0.3) is 0 Å². The third-order valence-corrected chi connectivity index (χ3v) is 3.32. The van der Waals surface area contributed by atoms with Crippen LogP contribution in [0.3, 0.4) is 0 Å². The molecule has 0 amide bonds. The van der Waals surface area contributed by atoms with Gasteiger partial charge in [-0.15, -0.1) is 11.3 Å². The number of aromatic carboxylic acids is 1. The Morgan fingerprint density at radius 3 is 2.80 bits per heavy atom. The van der Waals surface area contributed by atoms with Crippen molar-refractivity contribution in [3.63, 3.8) is 0 Å². The van der Waals surface area contributed by atoms with Crippen LogP contribution in [-0.4, -0.2) is 21.0 Å². The van der Waals surface area contributed by atoms with Gasteiger partial charge in [-0.25, -0.2) is 14.8 Å². The Bertz CT molecular complexity index is 512. The number of halogens is 1. The molecule has 2 rings (SSSR count). The minimum atomic E-state index is -1.12. The number of carbonyl (C=O) groups is 1. The number of nitrogens with zero attached hydrogens (tertiary/aromatic N) is 2. The molecule has 2 aromatic rings. The van der Waals surface area contributed by atoms with Crippen molar-refractivity contribution in [3.8, 4) is 10.6 Å². The molecular formula is C9H5BrN2O2S. The SMILES string of the molecule is O=C(O)c1nccc(-c2ccc(Br)s2)n1. The number of carboxylic acid groups (broad SMARTS) is 1. The van der Waals surface area contributed by atoms with Crippen molar-refractivity contribution >= 4 is 33.2 Å². The predicted molar refractivity (Wildman–Crippen MR) is 60.0 cm³/mol. The van der Waals surface area contributed by atoms with E-state index in [-0.39, 0.29) is 5.82 Å². The third kappa shape index (κ3) is 2.21. The average Bonchev–Trinajstić information content (AvgIpc) is 2.65. The van der Waals surface area contributed by atoms with Crippen LogP contribution < -0.4 is 0 Å². The molecule has 0 atom stereocenters. The largest absolute Gasteiger partial charge is 0.475 e. The smallest absolute Gasteiger partial charge is 0.373 e. The van der Waals surface area contributed by atoms with Crippen molar-refractivity contribution in [1.29, 1.82) is 0 Å². The van der Waals surface area contributed by atoms with Crippen molar-refractivity contribution in [2.75, 3.05) is 0 Å². The van der Waals surface area contributed by atoms with Crippen LogP contribution in [0.15, 0.2) is 28.2 Å². The summed E-state index contributed by atoms with van der Waals surface area (Å²) in [6.45, 7) is 0. The average molecular weight is 285 g/mol. The van der Waals surface area contributed by atoms with Crippen LogP contribution in [0.25, 0.3) is 10.6 Å². The van der Waals surface area contributed by atoms with Crippen molar-refractivity contribution in [2.24, 2.45) is 0 Å². The normalized spacial score (nSPS) is 10.2. The number of hydrogen-bond acceptors (Lipinski definition) is 4. The van der Waals surface area contributed by atoms with E-state index in [1.165, 1.54) is 17.5 Å². The fourth-order valence-electron chi connectivity index (χ4n) is 1.05. The summed E-state index contributed by atoms with van der Waals surface area (Å²) in [6, 6.07) is 5.45. The van der Waals surface area contributed by atoms with E-state index in [9.17, 15) is 4.79 Å². The molecule has 0 spiro atoms. The molecule has 15 heavy (non-hydrogen) atoms. The zero-order valence-corrected chi connectivity index (χ0v) is 9.75. The lowest BCUT2D eigenvalue weighted by Gasteiger charge is -1.96. The zero-order valence-electron chi connectivity index (χ0n) is 7.35. The molecule has 2 heterocycles. The standard InChI is InChI=1S/C9H5BrN2O2S/c10-7-2-1-6(15-7)5-3-4-11-8(12-5)9(13)14/h1-4H,(H,13,14). The molecule has 0 aliphatic carbocycles. The quantitative estimate of drug-likeness (QED) is 0.921. The number of hydrogen-bond donors (Lipinski definition) is 1. The third-order valence-electron chi connectivity index (χ3n) is 1.67. The van der Waals surface area contributed by atoms with Gasteiger partial charge in [-0.05, 0) is 34.1 Å². The molecule has 0 radical (unpaired) electrons. The molecule has 4 nitrogen and oxygen atoms in total.